The lowest BCUT2D eigenvalue weighted by Gasteiger charge is -2.34. The average molecular weight is 463 g/mol. The van der Waals surface area contributed by atoms with Crippen LogP contribution in [0.5, 0.6) is 0 Å². The van der Waals surface area contributed by atoms with Crippen LogP contribution in [0, 0.1) is 13.8 Å². The van der Waals surface area contributed by atoms with Gasteiger partial charge in [-0.2, -0.15) is 0 Å². The lowest BCUT2D eigenvalue weighted by molar-refractivity contribution is -0.136. The van der Waals surface area contributed by atoms with E-state index < -0.39 is 0 Å². The van der Waals surface area contributed by atoms with Crippen LogP contribution in [0.15, 0.2) is 42.5 Å². The zero-order chi connectivity index (χ0) is 25.0. The summed E-state index contributed by atoms with van der Waals surface area (Å²) in [5.41, 5.74) is 4.42. The fraction of sp³-hybridized carbons (Fsp3) is 0.464. The van der Waals surface area contributed by atoms with Gasteiger partial charge in [-0.1, -0.05) is 43.7 Å². The second kappa shape index (κ2) is 10.9. The number of imidazole rings is 1. The van der Waals surface area contributed by atoms with Crippen molar-refractivity contribution in [3.8, 4) is 0 Å². The molecule has 0 aliphatic carbocycles. The van der Waals surface area contributed by atoms with Gasteiger partial charge in [-0.15, -0.1) is 0 Å². The van der Waals surface area contributed by atoms with Crippen molar-refractivity contribution < 1.29 is 9.59 Å². The summed E-state index contributed by atoms with van der Waals surface area (Å²) in [6, 6.07) is 13.6. The van der Waals surface area contributed by atoms with Gasteiger partial charge in [0, 0.05) is 17.6 Å². The molecule has 6 heteroatoms. The molecule has 0 aliphatic heterocycles. The molecule has 0 aliphatic rings. The Hall–Kier alpha value is -3.15. The average Bonchev–Trinajstić information content (AvgIpc) is 3.17. The Morgan fingerprint density at radius 2 is 1.65 bits per heavy atom. The summed E-state index contributed by atoms with van der Waals surface area (Å²) in [7, 11) is 0. The minimum Gasteiger partial charge on any atom is -0.342 e. The van der Waals surface area contributed by atoms with E-state index in [1.54, 1.807) is 0 Å². The molecule has 3 aromatic rings. The fourth-order valence-corrected chi connectivity index (χ4v) is 4.53. The molecule has 0 spiro atoms. The number of rotatable bonds is 9. The highest BCUT2D eigenvalue weighted by atomic mass is 16.2. The van der Waals surface area contributed by atoms with Gasteiger partial charge in [-0.25, -0.2) is 4.98 Å². The van der Waals surface area contributed by atoms with Crippen LogP contribution in [0.2, 0.25) is 0 Å². The van der Waals surface area contributed by atoms with Crippen LogP contribution in [0.25, 0.3) is 11.0 Å². The first-order valence-electron chi connectivity index (χ1n) is 12.3. The van der Waals surface area contributed by atoms with Gasteiger partial charge in [0.05, 0.1) is 17.1 Å². The molecule has 0 radical (unpaired) electrons. The Morgan fingerprint density at radius 3 is 2.26 bits per heavy atom. The fourth-order valence-electron chi connectivity index (χ4n) is 4.53. The van der Waals surface area contributed by atoms with Crippen molar-refractivity contribution >= 4 is 22.8 Å². The Morgan fingerprint density at radius 1 is 1.00 bits per heavy atom. The predicted octanol–water partition coefficient (Wildman–Crippen LogP) is 5.57. The van der Waals surface area contributed by atoms with Gasteiger partial charge < -0.3 is 14.8 Å². The quantitative estimate of drug-likeness (QED) is 0.452. The van der Waals surface area contributed by atoms with Crippen molar-refractivity contribution in [3.63, 3.8) is 0 Å². The smallest absolute Gasteiger partial charge is 0.252 e. The third-order valence-electron chi connectivity index (χ3n) is 6.76. The molecule has 6 nitrogen and oxygen atoms in total. The molecule has 0 saturated carbocycles. The number of para-hydroxylation sites is 2. The highest BCUT2D eigenvalue weighted by Crippen LogP contribution is 2.23. The molecule has 3 atom stereocenters. The van der Waals surface area contributed by atoms with Crippen molar-refractivity contribution in [2.45, 2.75) is 86.0 Å². The van der Waals surface area contributed by atoms with Crippen LogP contribution in [0.3, 0.4) is 0 Å². The minimum absolute atomic E-state index is 0.0704. The normalized spacial score (nSPS) is 14.0. The molecule has 34 heavy (non-hydrogen) atoms. The third-order valence-corrected chi connectivity index (χ3v) is 6.76. The van der Waals surface area contributed by atoms with Crippen molar-refractivity contribution in [2.75, 3.05) is 0 Å². The summed E-state index contributed by atoms with van der Waals surface area (Å²) in [6.07, 6.45) is 1.80. The van der Waals surface area contributed by atoms with Crippen molar-refractivity contribution in [2.24, 2.45) is 0 Å². The third kappa shape index (κ3) is 5.32. The van der Waals surface area contributed by atoms with Gasteiger partial charge in [-0.05, 0) is 71.2 Å². The summed E-state index contributed by atoms with van der Waals surface area (Å²) < 4.78 is 1.96. The van der Waals surface area contributed by atoms with E-state index in [2.05, 4.69) is 33.0 Å². The van der Waals surface area contributed by atoms with Crippen molar-refractivity contribution in [1.29, 1.82) is 0 Å². The lowest BCUT2D eigenvalue weighted by atomic mass is 10.0. The van der Waals surface area contributed by atoms with Crippen LogP contribution in [-0.4, -0.2) is 38.3 Å². The molecule has 1 N–H and O–H groups in total. The first kappa shape index (κ1) is 25.5. The van der Waals surface area contributed by atoms with Crippen molar-refractivity contribution in [3.05, 3.63) is 65.0 Å². The Labute approximate surface area is 203 Å². The number of benzene rings is 2. The van der Waals surface area contributed by atoms with E-state index in [4.69, 9.17) is 4.98 Å². The molecule has 3 unspecified atom stereocenters. The standard InChI is InChI=1S/C28H38N4O2/c1-8-20(5)32(21(6)9-2)26(33)17-31-25-13-11-10-12-24(25)30-27(31)22(7)29-28(34)23-15-14-18(3)16-19(23)4/h10-16,20-22H,8-9,17H2,1-7H3,(H,29,34). The first-order valence-corrected chi connectivity index (χ1v) is 12.3. The number of hydrogen-bond acceptors (Lipinski definition) is 3. The SMILES string of the molecule is CCC(C)N(C(=O)Cn1c(C(C)NC(=O)c2ccc(C)cc2C)nc2ccccc21)C(C)CC. The second-order valence-electron chi connectivity index (χ2n) is 9.37. The molecule has 0 fully saturated rings. The Bertz CT molecular complexity index is 1160. The van der Waals surface area contributed by atoms with E-state index in [1.165, 1.54) is 0 Å². The van der Waals surface area contributed by atoms with E-state index in [9.17, 15) is 9.59 Å². The number of amides is 2. The van der Waals surface area contributed by atoms with E-state index in [0.29, 0.717) is 11.4 Å². The monoisotopic (exact) mass is 462 g/mol. The van der Waals surface area contributed by atoms with Crippen LogP contribution in [-0.2, 0) is 11.3 Å². The molecule has 0 saturated heterocycles. The van der Waals surface area contributed by atoms with Gasteiger partial charge in [0.2, 0.25) is 5.91 Å². The molecule has 2 aromatic carbocycles. The summed E-state index contributed by atoms with van der Waals surface area (Å²) in [4.78, 5) is 33.4. The maximum absolute atomic E-state index is 13.5. The number of nitrogens with zero attached hydrogens (tertiary/aromatic N) is 3. The van der Waals surface area contributed by atoms with Gasteiger partial charge in [0.25, 0.3) is 5.91 Å². The summed E-state index contributed by atoms with van der Waals surface area (Å²) >= 11 is 0. The molecular weight excluding hydrogens is 424 g/mol. The molecule has 1 aromatic heterocycles. The second-order valence-corrected chi connectivity index (χ2v) is 9.37. The van der Waals surface area contributed by atoms with Crippen LogP contribution < -0.4 is 5.32 Å². The summed E-state index contributed by atoms with van der Waals surface area (Å²) in [5, 5.41) is 3.10. The maximum Gasteiger partial charge on any atom is 0.252 e. The van der Waals surface area contributed by atoms with E-state index in [1.807, 2.05) is 72.7 Å². The Balaban J connectivity index is 1.94. The molecule has 3 rings (SSSR count). The van der Waals surface area contributed by atoms with E-state index in [-0.39, 0.29) is 36.5 Å². The topological polar surface area (TPSA) is 67.2 Å². The number of hydrogen-bond donors (Lipinski definition) is 1. The highest BCUT2D eigenvalue weighted by Gasteiger charge is 2.27. The van der Waals surface area contributed by atoms with E-state index in [0.717, 1.165) is 35.0 Å². The predicted molar refractivity (Wildman–Crippen MR) is 138 cm³/mol. The summed E-state index contributed by atoms with van der Waals surface area (Å²) in [6.45, 7) is 14.5. The molecular formula is C28H38N4O2. The van der Waals surface area contributed by atoms with Gasteiger partial charge in [-0.3, -0.25) is 9.59 Å². The molecule has 2 amide bonds. The number of carbonyl (C=O) groups is 2. The van der Waals surface area contributed by atoms with Crippen LogP contribution in [0.4, 0.5) is 0 Å². The van der Waals surface area contributed by atoms with Gasteiger partial charge >= 0.3 is 0 Å². The zero-order valence-electron chi connectivity index (χ0n) is 21.6. The van der Waals surface area contributed by atoms with Gasteiger partial charge in [0.1, 0.15) is 12.4 Å². The number of fused-ring (bicyclic) bond motifs is 1. The van der Waals surface area contributed by atoms with Crippen molar-refractivity contribution in [1.82, 2.24) is 19.8 Å². The zero-order valence-corrected chi connectivity index (χ0v) is 21.6. The lowest BCUT2D eigenvalue weighted by Crippen LogP contribution is -2.46. The number of carbonyl (C=O) groups excluding carboxylic acids is 2. The summed E-state index contributed by atoms with van der Waals surface area (Å²) in [5.74, 6) is 0.609. The number of nitrogens with one attached hydrogen (secondary N) is 1. The first-order chi connectivity index (χ1) is 16.2. The highest BCUT2D eigenvalue weighted by molar-refractivity contribution is 5.96. The van der Waals surface area contributed by atoms with Crippen LogP contribution in [0.1, 0.15) is 80.8 Å². The molecule has 0 bridgehead atoms. The maximum atomic E-state index is 13.5. The minimum atomic E-state index is -0.367. The Kier molecular flexibility index (Phi) is 8.13. The number of aryl methyl sites for hydroxylation is 2. The van der Waals surface area contributed by atoms with E-state index >= 15 is 0 Å². The largest absolute Gasteiger partial charge is 0.342 e. The number of aromatic nitrogens is 2. The van der Waals surface area contributed by atoms with Crippen LogP contribution >= 0.6 is 0 Å². The molecule has 182 valence electrons. The van der Waals surface area contributed by atoms with Gasteiger partial charge in [0.15, 0.2) is 0 Å². The molecule has 1 heterocycles.